The van der Waals surface area contributed by atoms with Gasteiger partial charge in [0, 0.05) is 30.4 Å². The molecule has 0 unspecified atom stereocenters. The normalized spacial score (nSPS) is 12.8. The molecular formula is C35H28N4. The number of hydrazone groups is 1. The SMILES string of the molecule is c1ccc2c(c1)CCN(c1ncccc1NN=C(c1ccc3ccccc3c1)c1ccc3ccccc3c1)C2. The molecule has 7 rings (SSSR count). The first-order valence-corrected chi connectivity index (χ1v) is 13.4. The molecule has 4 heteroatoms. The fourth-order valence-corrected chi connectivity index (χ4v) is 5.50. The van der Waals surface area contributed by atoms with Gasteiger partial charge in [-0.15, -0.1) is 0 Å². The molecule has 1 aliphatic heterocycles. The lowest BCUT2D eigenvalue weighted by Crippen LogP contribution is -2.31. The van der Waals surface area contributed by atoms with Crippen molar-refractivity contribution in [2.24, 2.45) is 5.10 Å². The molecule has 0 aliphatic carbocycles. The van der Waals surface area contributed by atoms with E-state index < -0.39 is 0 Å². The second-order valence-electron chi connectivity index (χ2n) is 10.0. The molecule has 1 aromatic heterocycles. The van der Waals surface area contributed by atoms with E-state index in [4.69, 9.17) is 10.1 Å². The second kappa shape index (κ2) is 10.1. The van der Waals surface area contributed by atoms with Crippen LogP contribution in [-0.4, -0.2) is 17.2 Å². The van der Waals surface area contributed by atoms with E-state index in [0.29, 0.717) is 0 Å². The van der Waals surface area contributed by atoms with Crippen molar-refractivity contribution in [1.29, 1.82) is 0 Å². The Morgan fingerprint density at radius 2 is 1.26 bits per heavy atom. The van der Waals surface area contributed by atoms with E-state index in [2.05, 4.69) is 126 Å². The van der Waals surface area contributed by atoms with Gasteiger partial charge >= 0.3 is 0 Å². The monoisotopic (exact) mass is 504 g/mol. The molecule has 5 aromatic carbocycles. The average Bonchev–Trinajstić information content (AvgIpc) is 3.01. The van der Waals surface area contributed by atoms with Gasteiger partial charge in [0.25, 0.3) is 0 Å². The molecule has 0 spiro atoms. The van der Waals surface area contributed by atoms with Gasteiger partial charge in [-0.3, -0.25) is 5.43 Å². The van der Waals surface area contributed by atoms with Crippen LogP contribution >= 0.6 is 0 Å². The topological polar surface area (TPSA) is 40.5 Å². The molecule has 2 heterocycles. The molecule has 6 aromatic rings. The van der Waals surface area contributed by atoms with E-state index in [-0.39, 0.29) is 0 Å². The highest BCUT2D eigenvalue weighted by atomic mass is 15.3. The standard InChI is InChI=1S/C35H28N4/c1-4-11-28-22-30(17-15-25(28)8-1)34(31-18-16-26-9-2-5-12-29(26)23-31)38-37-33-14-7-20-36-35(33)39-21-19-27-10-3-6-13-32(27)24-39/h1-18,20,22-23,37H,19,21,24H2. The summed E-state index contributed by atoms with van der Waals surface area (Å²) in [5, 5.41) is 9.86. The van der Waals surface area contributed by atoms with Crippen LogP contribution in [-0.2, 0) is 13.0 Å². The predicted octanol–water partition coefficient (Wildman–Crippen LogP) is 7.82. The van der Waals surface area contributed by atoms with Crippen LogP contribution < -0.4 is 10.3 Å². The van der Waals surface area contributed by atoms with Gasteiger partial charge in [-0.1, -0.05) is 97.1 Å². The molecule has 0 atom stereocenters. The Balaban J connectivity index is 1.29. The van der Waals surface area contributed by atoms with Crippen molar-refractivity contribution in [2.45, 2.75) is 13.0 Å². The number of hydrogen-bond acceptors (Lipinski definition) is 4. The maximum absolute atomic E-state index is 5.05. The Morgan fingerprint density at radius 3 is 1.95 bits per heavy atom. The Hall–Kier alpha value is -4.96. The second-order valence-corrected chi connectivity index (χ2v) is 10.0. The summed E-state index contributed by atoms with van der Waals surface area (Å²) in [6.07, 6.45) is 2.87. The van der Waals surface area contributed by atoms with Gasteiger partial charge in [-0.25, -0.2) is 4.98 Å². The van der Waals surface area contributed by atoms with Crippen LogP contribution in [0.2, 0.25) is 0 Å². The van der Waals surface area contributed by atoms with Crippen LogP contribution in [0, 0.1) is 0 Å². The predicted molar refractivity (Wildman–Crippen MR) is 163 cm³/mol. The minimum Gasteiger partial charge on any atom is -0.350 e. The zero-order valence-electron chi connectivity index (χ0n) is 21.6. The summed E-state index contributed by atoms with van der Waals surface area (Å²) in [5.41, 5.74) is 10.1. The first-order chi connectivity index (χ1) is 19.3. The molecule has 0 saturated heterocycles. The first kappa shape index (κ1) is 23.2. The number of nitrogens with zero attached hydrogens (tertiary/aromatic N) is 3. The van der Waals surface area contributed by atoms with E-state index in [1.54, 1.807) is 0 Å². The van der Waals surface area contributed by atoms with Crippen molar-refractivity contribution in [3.05, 3.63) is 150 Å². The fourth-order valence-electron chi connectivity index (χ4n) is 5.50. The maximum Gasteiger partial charge on any atom is 0.154 e. The number of fused-ring (bicyclic) bond motifs is 3. The Kier molecular flexibility index (Phi) is 5.98. The van der Waals surface area contributed by atoms with Gasteiger partial charge in [-0.05, 0) is 63.4 Å². The molecular weight excluding hydrogens is 476 g/mol. The number of hydrogen-bond donors (Lipinski definition) is 1. The zero-order valence-corrected chi connectivity index (χ0v) is 21.6. The molecule has 0 amide bonds. The number of aromatic nitrogens is 1. The molecule has 4 nitrogen and oxygen atoms in total. The molecule has 0 fully saturated rings. The Morgan fingerprint density at radius 1 is 0.641 bits per heavy atom. The van der Waals surface area contributed by atoms with Crippen LogP contribution in [0.25, 0.3) is 21.5 Å². The van der Waals surface area contributed by atoms with Crippen molar-refractivity contribution < 1.29 is 0 Å². The number of pyridine rings is 1. The molecule has 0 radical (unpaired) electrons. The van der Waals surface area contributed by atoms with Crippen molar-refractivity contribution in [1.82, 2.24) is 4.98 Å². The summed E-state index contributed by atoms with van der Waals surface area (Å²) >= 11 is 0. The van der Waals surface area contributed by atoms with E-state index in [9.17, 15) is 0 Å². The van der Waals surface area contributed by atoms with E-state index in [1.165, 1.54) is 32.7 Å². The summed E-state index contributed by atoms with van der Waals surface area (Å²) < 4.78 is 0. The largest absolute Gasteiger partial charge is 0.350 e. The number of nitrogens with one attached hydrogen (secondary N) is 1. The summed E-state index contributed by atoms with van der Waals surface area (Å²) in [6.45, 7) is 1.77. The quantitative estimate of drug-likeness (QED) is 0.192. The molecule has 0 bridgehead atoms. The third-order valence-electron chi connectivity index (χ3n) is 7.55. The minimum atomic E-state index is 0.841. The lowest BCUT2D eigenvalue weighted by molar-refractivity contribution is 0.721. The molecule has 0 saturated carbocycles. The summed E-state index contributed by atoms with van der Waals surface area (Å²) in [5.74, 6) is 0.923. The van der Waals surface area contributed by atoms with Gasteiger partial charge in [0.15, 0.2) is 5.82 Å². The lowest BCUT2D eigenvalue weighted by Gasteiger charge is -2.30. The van der Waals surface area contributed by atoms with Crippen molar-refractivity contribution in [3.8, 4) is 0 Å². The molecule has 39 heavy (non-hydrogen) atoms. The van der Waals surface area contributed by atoms with E-state index >= 15 is 0 Å². The molecule has 1 aliphatic rings. The van der Waals surface area contributed by atoms with Crippen LogP contribution in [0.1, 0.15) is 22.3 Å². The average molecular weight is 505 g/mol. The highest BCUT2D eigenvalue weighted by molar-refractivity contribution is 6.15. The summed E-state index contributed by atoms with van der Waals surface area (Å²) in [7, 11) is 0. The van der Waals surface area contributed by atoms with Crippen molar-refractivity contribution >= 4 is 38.8 Å². The van der Waals surface area contributed by atoms with Gasteiger partial charge in [-0.2, -0.15) is 5.10 Å². The Labute approximate surface area is 228 Å². The van der Waals surface area contributed by atoms with Gasteiger partial charge in [0.2, 0.25) is 0 Å². The minimum absolute atomic E-state index is 0.841. The summed E-state index contributed by atoms with van der Waals surface area (Å²) in [6, 6.07) is 42.7. The third kappa shape index (κ3) is 4.62. The van der Waals surface area contributed by atoms with Crippen LogP contribution in [0.4, 0.5) is 11.5 Å². The Bertz CT molecular complexity index is 1760. The van der Waals surface area contributed by atoms with Gasteiger partial charge < -0.3 is 4.90 Å². The van der Waals surface area contributed by atoms with Crippen molar-refractivity contribution in [3.63, 3.8) is 0 Å². The number of rotatable bonds is 5. The van der Waals surface area contributed by atoms with E-state index in [1.807, 2.05) is 12.3 Å². The van der Waals surface area contributed by atoms with Gasteiger partial charge in [0.1, 0.15) is 0 Å². The highest BCUT2D eigenvalue weighted by Gasteiger charge is 2.19. The first-order valence-electron chi connectivity index (χ1n) is 13.4. The lowest BCUT2D eigenvalue weighted by atomic mass is 9.97. The van der Waals surface area contributed by atoms with Crippen LogP contribution in [0.15, 0.2) is 133 Å². The maximum atomic E-state index is 5.05. The van der Waals surface area contributed by atoms with Crippen molar-refractivity contribution in [2.75, 3.05) is 16.9 Å². The van der Waals surface area contributed by atoms with E-state index in [0.717, 1.165) is 47.9 Å². The van der Waals surface area contributed by atoms with Crippen LogP contribution in [0.5, 0.6) is 0 Å². The smallest absolute Gasteiger partial charge is 0.154 e. The zero-order chi connectivity index (χ0) is 26.0. The third-order valence-corrected chi connectivity index (χ3v) is 7.55. The number of anilines is 2. The van der Waals surface area contributed by atoms with Gasteiger partial charge in [0.05, 0.1) is 11.4 Å². The summed E-state index contributed by atoms with van der Waals surface area (Å²) in [4.78, 5) is 7.11. The highest BCUT2D eigenvalue weighted by Crippen LogP contribution is 2.29. The fraction of sp³-hybridized carbons (Fsp3) is 0.0857. The molecule has 1 N–H and O–H groups in total. The molecule has 188 valence electrons. The van der Waals surface area contributed by atoms with Crippen LogP contribution in [0.3, 0.4) is 0 Å². The number of benzene rings is 5.